The van der Waals surface area contributed by atoms with Crippen molar-refractivity contribution in [3.63, 3.8) is 0 Å². The van der Waals surface area contributed by atoms with Gasteiger partial charge in [-0.2, -0.15) is 4.98 Å². The van der Waals surface area contributed by atoms with Crippen LogP contribution in [-0.2, 0) is 4.79 Å². The first-order valence-electron chi connectivity index (χ1n) is 7.14. The third-order valence-electron chi connectivity index (χ3n) is 2.92. The molecule has 0 saturated heterocycles. The first-order chi connectivity index (χ1) is 10.7. The lowest BCUT2D eigenvalue weighted by Crippen LogP contribution is -2.14. The normalized spacial score (nSPS) is 10.1. The number of aromatic nitrogens is 3. The zero-order chi connectivity index (χ0) is 15.8. The van der Waals surface area contributed by atoms with Crippen molar-refractivity contribution in [1.82, 2.24) is 15.0 Å². The van der Waals surface area contributed by atoms with Gasteiger partial charge in [-0.15, -0.1) is 0 Å². The second kappa shape index (κ2) is 7.92. The van der Waals surface area contributed by atoms with Crippen molar-refractivity contribution in [2.45, 2.75) is 19.8 Å². The smallest absolute Gasteiger partial charge is 0.224 e. The van der Waals surface area contributed by atoms with Gasteiger partial charge in [-0.1, -0.05) is 0 Å². The van der Waals surface area contributed by atoms with Crippen LogP contribution in [-0.4, -0.2) is 34.5 Å². The van der Waals surface area contributed by atoms with Gasteiger partial charge in [-0.3, -0.25) is 9.78 Å². The van der Waals surface area contributed by atoms with Crippen molar-refractivity contribution < 1.29 is 4.79 Å². The Balaban J connectivity index is 1.73. The van der Waals surface area contributed by atoms with Crippen molar-refractivity contribution in [2.24, 2.45) is 0 Å². The van der Waals surface area contributed by atoms with Gasteiger partial charge in [0.05, 0.1) is 11.9 Å². The number of aryl methyl sites for hydroxylation is 1. The van der Waals surface area contributed by atoms with Crippen LogP contribution < -0.4 is 16.0 Å². The molecule has 2 aromatic heterocycles. The molecule has 3 N–H and O–H groups in total. The third-order valence-corrected chi connectivity index (χ3v) is 2.92. The predicted octanol–water partition coefficient (Wildman–Crippen LogP) is 2.05. The van der Waals surface area contributed by atoms with E-state index in [9.17, 15) is 4.79 Å². The highest BCUT2D eigenvalue weighted by atomic mass is 16.1. The van der Waals surface area contributed by atoms with Crippen LogP contribution in [0.4, 0.5) is 17.5 Å². The summed E-state index contributed by atoms with van der Waals surface area (Å²) in [4.78, 5) is 24.3. The summed E-state index contributed by atoms with van der Waals surface area (Å²) in [6.45, 7) is 2.54. The minimum atomic E-state index is -0.0316. The van der Waals surface area contributed by atoms with Crippen LogP contribution in [0.5, 0.6) is 0 Å². The highest BCUT2D eigenvalue weighted by Crippen LogP contribution is 2.09. The zero-order valence-electron chi connectivity index (χ0n) is 12.8. The van der Waals surface area contributed by atoms with E-state index >= 15 is 0 Å². The number of amides is 1. The molecule has 2 heterocycles. The first kappa shape index (κ1) is 15.7. The zero-order valence-corrected chi connectivity index (χ0v) is 12.8. The average molecular weight is 300 g/mol. The van der Waals surface area contributed by atoms with E-state index in [1.165, 1.54) is 0 Å². The molecular formula is C15H20N6O. The fourth-order valence-electron chi connectivity index (χ4n) is 1.89. The molecule has 0 aliphatic heterocycles. The van der Waals surface area contributed by atoms with Gasteiger partial charge in [0, 0.05) is 38.0 Å². The second-order valence-electron chi connectivity index (χ2n) is 4.79. The number of carbonyl (C=O) groups excluding carboxylic acids is 1. The molecule has 2 rings (SSSR count). The molecule has 0 aliphatic carbocycles. The molecule has 22 heavy (non-hydrogen) atoms. The van der Waals surface area contributed by atoms with Crippen molar-refractivity contribution in [1.29, 1.82) is 0 Å². The molecule has 0 radical (unpaired) electrons. The number of nitrogens with zero attached hydrogens (tertiary/aromatic N) is 3. The Hall–Kier alpha value is -2.70. The molecule has 0 fully saturated rings. The van der Waals surface area contributed by atoms with E-state index in [4.69, 9.17) is 0 Å². The van der Waals surface area contributed by atoms with Gasteiger partial charge < -0.3 is 16.0 Å². The Morgan fingerprint density at radius 3 is 2.91 bits per heavy atom. The summed E-state index contributed by atoms with van der Waals surface area (Å²) in [6, 6.07) is 5.46. The van der Waals surface area contributed by atoms with Crippen molar-refractivity contribution >= 4 is 23.4 Å². The summed E-state index contributed by atoms with van der Waals surface area (Å²) in [5.74, 6) is 1.30. The van der Waals surface area contributed by atoms with Crippen LogP contribution in [0.1, 0.15) is 18.5 Å². The maximum absolute atomic E-state index is 11.8. The molecule has 0 saturated carbocycles. The van der Waals surface area contributed by atoms with Crippen LogP contribution in [0.2, 0.25) is 0 Å². The summed E-state index contributed by atoms with van der Waals surface area (Å²) in [7, 11) is 1.81. The molecular weight excluding hydrogens is 280 g/mol. The molecule has 0 spiro atoms. The lowest BCUT2D eigenvalue weighted by molar-refractivity contribution is -0.116. The van der Waals surface area contributed by atoms with Gasteiger partial charge in [0.1, 0.15) is 5.82 Å². The largest absolute Gasteiger partial charge is 0.373 e. The van der Waals surface area contributed by atoms with Crippen molar-refractivity contribution in [3.8, 4) is 0 Å². The van der Waals surface area contributed by atoms with Crippen LogP contribution in [0.3, 0.4) is 0 Å². The first-order valence-corrected chi connectivity index (χ1v) is 7.14. The molecule has 0 atom stereocenters. The fraction of sp³-hybridized carbons (Fsp3) is 0.333. The van der Waals surface area contributed by atoms with Crippen LogP contribution in [0, 0.1) is 6.92 Å². The van der Waals surface area contributed by atoms with Crippen LogP contribution in [0.25, 0.3) is 0 Å². The summed E-state index contributed by atoms with van der Waals surface area (Å²) in [5.41, 5.74) is 1.59. The molecule has 0 aliphatic rings. The van der Waals surface area contributed by atoms with E-state index in [0.29, 0.717) is 31.0 Å². The predicted molar refractivity (Wildman–Crippen MR) is 86.9 cm³/mol. The second-order valence-corrected chi connectivity index (χ2v) is 4.79. The number of hydrogen-bond donors (Lipinski definition) is 3. The Morgan fingerprint density at radius 1 is 1.32 bits per heavy atom. The summed E-state index contributed by atoms with van der Waals surface area (Å²) in [6.07, 6.45) is 4.40. The van der Waals surface area contributed by atoms with E-state index in [1.807, 2.05) is 26.1 Å². The molecule has 116 valence electrons. The number of carbonyl (C=O) groups is 1. The highest BCUT2D eigenvalue weighted by Gasteiger charge is 2.03. The van der Waals surface area contributed by atoms with Crippen molar-refractivity contribution in [3.05, 3.63) is 36.3 Å². The van der Waals surface area contributed by atoms with Crippen molar-refractivity contribution in [2.75, 3.05) is 29.5 Å². The lowest BCUT2D eigenvalue weighted by Gasteiger charge is -2.08. The van der Waals surface area contributed by atoms with Gasteiger partial charge in [0.25, 0.3) is 0 Å². The third kappa shape index (κ3) is 5.01. The van der Waals surface area contributed by atoms with E-state index in [0.717, 1.165) is 11.5 Å². The summed E-state index contributed by atoms with van der Waals surface area (Å²) in [5, 5.41) is 8.91. The minimum Gasteiger partial charge on any atom is -0.373 e. The average Bonchev–Trinajstić information content (AvgIpc) is 2.52. The Morgan fingerprint density at radius 2 is 2.18 bits per heavy atom. The Bertz CT molecular complexity index is 617. The topological polar surface area (TPSA) is 91.8 Å². The maximum Gasteiger partial charge on any atom is 0.224 e. The van der Waals surface area contributed by atoms with E-state index in [-0.39, 0.29) is 5.91 Å². The number of rotatable bonds is 7. The van der Waals surface area contributed by atoms with Crippen LogP contribution >= 0.6 is 0 Å². The molecule has 7 heteroatoms. The van der Waals surface area contributed by atoms with Gasteiger partial charge in [-0.05, 0) is 25.5 Å². The number of pyridine rings is 1. The van der Waals surface area contributed by atoms with Gasteiger partial charge in [-0.25, -0.2) is 4.98 Å². The molecule has 7 nitrogen and oxygen atoms in total. The summed E-state index contributed by atoms with van der Waals surface area (Å²) < 4.78 is 0. The maximum atomic E-state index is 11.8. The fourth-order valence-corrected chi connectivity index (χ4v) is 1.89. The Labute approximate surface area is 129 Å². The highest BCUT2D eigenvalue weighted by molar-refractivity contribution is 5.90. The number of hydrogen-bond acceptors (Lipinski definition) is 6. The van der Waals surface area contributed by atoms with E-state index < -0.39 is 0 Å². The quantitative estimate of drug-likeness (QED) is 0.678. The standard InChI is InChI=1S/C15H20N6O/c1-11-9-13(16-2)21-15(19-11)18-8-4-6-14(22)20-12-5-3-7-17-10-12/h3,5,7,9-10H,4,6,8H2,1-2H3,(H,20,22)(H2,16,18,19,21). The monoisotopic (exact) mass is 300 g/mol. The number of nitrogens with one attached hydrogen (secondary N) is 3. The Kier molecular flexibility index (Phi) is 5.65. The number of anilines is 3. The molecule has 0 bridgehead atoms. The molecule has 1 amide bonds. The van der Waals surface area contributed by atoms with E-state index in [2.05, 4.69) is 30.9 Å². The van der Waals surface area contributed by atoms with Gasteiger partial charge in [0.2, 0.25) is 11.9 Å². The molecule has 0 aromatic carbocycles. The SMILES string of the molecule is CNc1cc(C)nc(NCCCC(=O)Nc2cccnc2)n1. The van der Waals surface area contributed by atoms with Gasteiger partial charge >= 0.3 is 0 Å². The molecule has 0 unspecified atom stereocenters. The minimum absolute atomic E-state index is 0.0316. The van der Waals surface area contributed by atoms with E-state index in [1.54, 1.807) is 18.5 Å². The lowest BCUT2D eigenvalue weighted by atomic mass is 10.3. The molecule has 2 aromatic rings. The summed E-state index contributed by atoms with van der Waals surface area (Å²) >= 11 is 0. The van der Waals surface area contributed by atoms with Crippen LogP contribution in [0.15, 0.2) is 30.6 Å². The van der Waals surface area contributed by atoms with Gasteiger partial charge in [0.15, 0.2) is 0 Å².